The molecule has 0 aliphatic carbocycles. The van der Waals surface area contributed by atoms with Crippen molar-refractivity contribution in [3.63, 3.8) is 0 Å². The van der Waals surface area contributed by atoms with E-state index >= 15 is 0 Å². The summed E-state index contributed by atoms with van der Waals surface area (Å²) >= 11 is 0. The quantitative estimate of drug-likeness (QED) is 0.863. The third-order valence-corrected chi connectivity index (χ3v) is 5.78. The first kappa shape index (κ1) is 18.9. The van der Waals surface area contributed by atoms with Crippen LogP contribution in [-0.2, 0) is 6.54 Å². The summed E-state index contributed by atoms with van der Waals surface area (Å²) in [6.45, 7) is 7.45. The molecule has 0 radical (unpaired) electrons. The molecule has 2 aliphatic heterocycles. The van der Waals surface area contributed by atoms with Crippen molar-refractivity contribution in [1.82, 2.24) is 30.1 Å². The van der Waals surface area contributed by atoms with E-state index in [9.17, 15) is 4.79 Å². The maximum absolute atomic E-state index is 12.1. The van der Waals surface area contributed by atoms with Gasteiger partial charge in [0.15, 0.2) is 0 Å². The Morgan fingerprint density at radius 2 is 1.89 bits per heavy atom. The number of likely N-dealkylation sites (tertiary alicyclic amines) is 2. The van der Waals surface area contributed by atoms with E-state index in [-0.39, 0.29) is 12.1 Å². The minimum atomic E-state index is 0.0393. The van der Waals surface area contributed by atoms with E-state index in [1.807, 2.05) is 23.4 Å². The summed E-state index contributed by atoms with van der Waals surface area (Å²) in [7, 11) is 0. The second-order valence-corrected chi connectivity index (χ2v) is 8.20. The molecule has 4 rings (SSSR count). The minimum absolute atomic E-state index is 0.0393. The van der Waals surface area contributed by atoms with E-state index in [4.69, 9.17) is 0 Å². The molecule has 0 saturated carbocycles. The van der Waals surface area contributed by atoms with Crippen LogP contribution in [0.2, 0.25) is 0 Å². The third kappa shape index (κ3) is 4.19. The molecule has 1 aromatic carbocycles. The first-order valence-electron chi connectivity index (χ1n) is 10.4. The molecule has 7 nitrogen and oxygen atoms in total. The van der Waals surface area contributed by atoms with Crippen molar-refractivity contribution in [2.45, 2.75) is 57.8 Å². The lowest BCUT2D eigenvalue weighted by Gasteiger charge is -2.40. The lowest BCUT2D eigenvalue weighted by molar-refractivity contribution is 0.0803. The molecular formula is C21H30N6O. The second-order valence-electron chi connectivity index (χ2n) is 8.20. The van der Waals surface area contributed by atoms with Gasteiger partial charge >= 0.3 is 6.03 Å². The monoisotopic (exact) mass is 382 g/mol. The van der Waals surface area contributed by atoms with Gasteiger partial charge in [-0.2, -0.15) is 0 Å². The number of hydrogen-bond donors (Lipinski definition) is 1. The van der Waals surface area contributed by atoms with Gasteiger partial charge in [-0.15, -0.1) is 5.10 Å². The molecule has 1 aromatic heterocycles. The summed E-state index contributed by atoms with van der Waals surface area (Å²) in [4.78, 5) is 16.5. The molecule has 150 valence electrons. The van der Waals surface area contributed by atoms with Gasteiger partial charge in [0, 0.05) is 38.3 Å². The zero-order chi connectivity index (χ0) is 19.5. The predicted octanol–water partition coefficient (Wildman–Crippen LogP) is 2.98. The number of nitrogens with zero attached hydrogens (tertiary/aromatic N) is 5. The van der Waals surface area contributed by atoms with Crippen LogP contribution in [0.25, 0.3) is 0 Å². The summed E-state index contributed by atoms with van der Waals surface area (Å²) in [6.07, 6.45) is 5.14. The van der Waals surface area contributed by atoms with Gasteiger partial charge in [0.25, 0.3) is 0 Å². The molecule has 2 aromatic rings. The molecule has 1 atom stereocenters. The zero-order valence-electron chi connectivity index (χ0n) is 16.8. The SMILES string of the molecule is CC(C)NC(=O)N1CCC(n2cc(CN3CC[C@@H]3c3ccccc3)nn2)CC1. The number of benzene rings is 1. The highest BCUT2D eigenvalue weighted by atomic mass is 16.2. The van der Waals surface area contributed by atoms with Crippen molar-refractivity contribution in [1.29, 1.82) is 0 Å². The van der Waals surface area contributed by atoms with E-state index in [0.717, 1.165) is 44.7 Å². The van der Waals surface area contributed by atoms with Gasteiger partial charge in [-0.25, -0.2) is 9.48 Å². The highest BCUT2D eigenvalue weighted by Crippen LogP contribution is 2.34. The van der Waals surface area contributed by atoms with E-state index < -0.39 is 0 Å². The van der Waals surface area contributed by atoms with Crippen LogP contribution in [0.3, 0.4) is 0 Å². The van der Waals surface area contributed by atoms with Crippen LogP contribution in [0.15, 0.2) is 36.5 Å². The van der Waals surface area contributed by atoms with E-state index in [1.54, 1.807) is 0 Å². The van der Waals surface area contributed by atoms with Crippen molar-refractivity contribution in [2.75, 3.05) is 19.6 Å². The fraction of sp³-hybridized carbons (Fsp3) is 0.571. The van der Waals surface area contributed by atoms with Crippen LogP contribution in [0, 0.1) is 0 Å². The molecule has 0 spiro atoms. The molecule has 0 unspecified atom stereocenters. The van der Waals surface area contributed by atoms with E-state index in [0.29, 0.717) is 12.1 Å². The van der Waals surface area contributed by atoms with Crippen LogP contribution in [0.4, 0.5) is 4.79 Å². The number of piperidine rings is 1. The van der Waals surface area contributed by atoms with Crippen LogP contribution >= 0.6 is 0 Å². The number of amides is 2. The lowest BCUT2D eigenvalue weighted by Crippen LogP contribution is -2.46. The molecule has 28 heavy (non-hydrogen) atoms. The Bertz CT molecular complexity index is 781. The van der Waals surface area contributed by atoms with Crippen molar-refractivity contribution in [2.24, 2.45) is 0 Å². The first-order valence-corrected chi connectivity index (χ1v) is 10.4. The largest absolute Gasteiger partial charge is 0.336 e. The fourth-order valence-corrected chi connectivity index (χ4v) is 4.13. The summed E-state index contributed by atoms with van der Waals surface area (Å²) in [6, 6.07) is 11.7. The highest BCUT2D eigenvalue weighted by molar-refractivity contribution is 5.74. The second kappa shape index (κ2) is 8.31. The normalized spacial score (nSPS) is 21.0. The summed E-state index contributed by atoms with van der Waals surface area (Å²) in [5.74, 6) is 0. The first-order chi connectivity index (χ1) is 13.6. The molecule has 2 saturated heterocycles. The average Bonchev–Trinajstić information content (AvgIpc) is 3.14. The number of carbonyl (C=O) groups is 1. The number of aromatic nitrogens is 3. The minimum Gasteiger partial charge on any atom is -0.336 e. The summed E-state index contributed by atoms with van der Waals surface area (Å²) in [5, 5.41) is 11.8. The Balaban J connectivity index is 1.30. The molecule has 2 fully saturated rings. The van der Waals surface area contributed by atoms with Crippen LogP contribution in [0.1, 0.15) is 56.5 Å². The van der Waals surface area contributed by atoms with Crippen LogP contribution in [-0.4, -0.2) is 56.5 Å². The number of urea groups is 1. The predicted molar refractivity (Wildman–Crippen MR) is 108 cm³/mol. The van der Waals surface area contributed by atoms with Gasteiger partial charge in [-0.05, 0) is 38.7 Å². The van der Waals surface area contributed by atoms with Crippen molar-refractivity contribution >= 4 is 6.03 Å². The average molecular weight is 383 g/mol. The van der Waals surface area contributed by atoms with Gasteiger partial charge < -0.3 is 10.2 Å². The molecule has 1 N–H and O–H groups in total. The van der Waals surface area contributed by atoms with Gasteiger partial charge in [0.1, 0.15) is 0 Å². The van der Waals surface area contributed by atoms with Crippen LogP contribution < -0.4 is 5.32 Å². The van der Waals surface area contributed by atoms with Crippen molar-refractivity contribution in [3.8, 4) is 0 Å². The van der Waals surface area contributed by atoms with E-state index in [2.05, 4.69) is 57.1 Å². The Kier molecular flexibility index (Phi) is 5.62. The standard InChI is InChI=1S/C21H30N6O/c1-16(2)22-21(28)25-11-8-19(9-12-25)27-15-18(23-24-27)14-26-13-10-20(26)17-6-4-3-5-7-17/h3-7,15-16,19-20H,8-14H2,1-2H3,(H,22,28)/t20-/m1/s1. The Morgan fingerprint density at radius 1 is 1.14 bits per heavy atom. The van der Waals surface area contributed by atoms with E-state index in [1.165, 1.54) is 12.0 Å². The Labute approximate surface area is 166 Å². The number of hydrogen-bond acceptors (Lipinski definition) is 4. The van der Waals surface area contributed by atoms with Crippen molar-refractivity contribution < 1.29 is 4.79 Å². The van der Waals surface area contributed by atoms with Gasteiger partial charge in [0.2, 0.25) is 0 Å². The van der Waals surface area contributed by atoms with Crippen molar-refractivity contribution in [3.05, 3.63) is 47.8 Å². The summed E-state index contributed by atoms with van der Waals surface area (Å²) < 4.78 is 2.00. The van der Waals surface area contributed by atoms with Gasteiger partial charge in [-0.3, -0.25) is 4.90 Å². The van der Waals surface area contributed by atoms with Gasteiger partial charge in [-0.1, -0.05) is 35.5 Å². The molecule has 0 bridgehead atoms. The zero-order valence-corrected chi connectivity index (χ0v) is 16.8. The Hall–Kier alpha value is -2.41. The third-order valence-electron chi connectivity index (χ3n) is 5.78. The molecule has 3 heterocycles. The number of carbonyl (C=O) groups excluding carboxylic acids is 1. The smallest absolute Gasteiger partial charge is 0.317 e. The maximum atomic E-state index is 12.1. The summed E-state index contributed by atoms with van der Waals surface area (Å²) in [5.41, 5.74) is 2.41. The van der Waals surface area contributed by atoms with Crippen LogP contribution in [0.5, 0.6) is 0 Å². The number of rotatable bonds is 5. The fourth-order valence-electron chi connectivity index (χ4n) is 4.13. The maximum Gasteiger partial charge on any atom is 0.317 e. The molecule has 2 aliphatic rings. The molecule has 2 amide bonds. The highest BCUT2D eigenvalue weighted by Gasteiger charge is 2.30. The number of nitrogens with one attached hydrogen (secondary N) is 1. The molecular weight excluding hydrogens is 352 g/mol. The Morgan fingerprint density at radius 3 is 2.54 bits per heavy atom. The van der Waals surface area contributed by atoms with Gasteiger partial charge in [0.05, 0.1) is 17.9 Å². The lowest BCUT2D eigenvalue weighted by atomic mass is 9.94. The topological polar surface area (TPSA) is 66.3 Å². The molecule has 7 heteroatoms.